The lowest BCUT2D eigenvalue weighted by molar-refractivity contribution is 0.664. The normalized spacial score (nSPS) is 16.3. The van der Waals surface area contributed by atoms with Crippen molar-refractivity contribution in [1.29, 1.82) is 0 Å². The van der Waals surface area contributed by atoms with Crippen LogP contribution in [0.25, 0.3) is 83.8 Å². The van der Waals surface area contributed by atoms with E-state index in [1.54, 1.807) is 0 Å². The first-order valence-electron chi connectivity index (χ1n) is 21.2. The van der Waals surface area contributed by atoms with Gasteiger partial charge in [0.05, 0.1) is 33.5 Å². The van der Waals surface area contributed by atoms with E-state index in [1.807, 2.05) is 12.1 Å². The van der Waals surface area contributed by atoms with E-state index >= 15 is 0 Å². The topological polar surface area (TPSA) is 35.6 Å². The van der Waals surface area contributed by atoms with Crippen molar-refractivity contribution >= 4 is 38.5 Å². The molecule has 6 aromatic carbocycles. The molecule has 0 saturated carbocycles. The molecule has 3 aromatic heterocycles. The van der Waals surface area contributed by atoms with Crippen LogP contribution in [0.2, 0.25) is 0 Å². The minimum Gasteiger partial charge on any atom is -0.309 e. The zero-order valence-electron chi connectivity index (χ0n) is 34.0. The van der Waals surface area contributed by atoms with E-state index < -0.39 is 0 Å². The van der Waals surface area contributed by atoms with E-state index in [0.29, 0.717) is 5.82 Å². The molecule has 4 nitrogen and oxygen atoms in total. The van der Waals surface area contributed by atoms with Gasteiger partial charge in [-0.2, -0.15) is 0 Å². The highest BCUT2D eigenvalue weighted by molar-refractivity contribution is 6.08. The molecule has 3 heterocycles. The fourth-order valence-corrected chi connectivity index (χ4v) is 10.3. The Bertz CT molecular complexity index is 3490. The van der Waals surface area contributed by atoms with Gasteiger partial charge in [-0.25, -0.2) is 9.97 Å². The van der Waals surface area contributed by atoms with Crippen molar-refractivity contribution in [2.45, 2.75) is 0 Å². The maximum atomic E-state index is 5.22. The molecular weight excluding hydrogens is 753 g/mol. The Kier molecular flexibility index (Phi) is 8.26. The molecular formula is C58H40N4. The molecule has 3 aliphatic carbocycles. The summed E-state index contributed by atoms with van der Waals surface area (Å²) in [6, 6.07) is 60.1. The van der Waals surface area contributed by atoms with E-state index in [4.69, 9.17) is 9.97 Å². The third kappa shape index (κ3) is 5.33. The van der Waals surface area contributed by atoms with Gasteiger partial charge in [0.2, 0.25) is 0 Å². The highest BCUT2D eigenvalue weighted by Gasteiger charge is 2.42. The lowest BCUT2D eigenvalue weighted by atomic mass is 9.65. The number of nitrogens with zero attached hydrogens (tertiary/aromatic N) is 4. The number of aromatic nitrogens is 4. The summed E-state index contributed by atoms with van der Waals surface area (Å²) in [5, 5.41) is 4.96. The van der Waals surface area contributed by atoms with Gasteiger partial charge in [0.25, 0.3) is 0 Å². The molecule has 0 fully saturated rings. The van der Waals surface area contributed by atoms with Crippen molar-refractivity contribution in [2.24, 2.45) is 11.8 Å². The SMILES string of the molecule is C=CC1=C(C=C)C2C(=c3c(n(-c4ccccc4)c4ccccc34)=C3C=CC=CC32)c2c1n(-c1cccc(-c3nc(-c4ccccc4)cc(-c4ccccc4)n3)c1)c1ccccc21. The second-order valence-electron chi connectivity index (χ2n) is 16.1. The summed E-state index contributed by atoms with van der Waals surface area (Å²) in [7, 11) is 0. The Balaban J connectivity index is 1.18. The summed E-state index contributed by atoms with van der Waals surface area (Å²) in [5.74, 6) is 0.774. The predicted octanol–water partition coefficient (Wildman–Crippen LogP) is 12.2. The first-order valence-corrected chi connectivity index (χ1v) is 21.2. The molecule has 2 unspecified atom stereocenters. The third-order valence-corrected chi connectivity index (χ3v) is 12.9. The van der Waals surface area contributed by atoms with Crippen molar-refractivity contribution < 1.29 is 0 Å². The Labute approximate surface area is 360 Å². The molecule has 292 valence electrons. The number of benzene rings is 6. The zero-order valence-corrected chi connectivity index (χ0v) is 34.0. The number of hydrogen-bond acceptors (Lipinski definition) is 2. The molecule has 0 bridgehead atoms. The smallest absolute Gasteiger partial charge is 0.160 e. The van der Waals surface area contributed by atoms with Crippen LogP contribution in [0.3, 0.4) is 0 Å². The summed E-state index contributed by atoms with van der Waals surface area (Å²) in [6.07, 6.45) is 13.3. The van der Waals surface area contributed by atoms with Crippen LogP contribution < -0.4 is 10.6 Å². The summed E-state index contributed by atoms with van der Waals surface area (Å²) >= 11 is 0. The molecule has 0 saturated heterocycles. The number of para-hydroxylation sites is 3. The van der Waals surface area contributed by atoms with Crippen LogP contribution in [-0.2, 0) is 0 Å². The molecule has 12 rings (SSSR count). The highest BCUT2D eigenvalue weighted by Crippen LogP contribution is 2.53. The Morgan fingerprint density at radius 3 is 1.81 bits per heavy atom. The monoisotopic (exact) mass is 792 g/mol. The number of rotatable bonds is 7. The molecule has 0 aliphatic heterocycles. The molecule has 4 heteroatoms. The average Bonchev–Trinajstić information content (AvgIpc) is 3.88. The largest absolute Gasteiger partial charge is 0.309 e. The fourth-order valence-electron chi connectivity index (χ4n) is 10.3. The molecule has 62 heavy (non-hydrogen) atoms. The van der Waals surface area contributed by atoms with Gasteiger partial charge in [-0.15, -0.1) is 0 Å². The van der Waals surface area contributed by atoms with Crippen molar-refractivity contribution in [2.75, 3.05) is 0 Å². The maximum absolute atomic E-state index is 5.22. The van der Waals surface area contributed by atoms with E-state index in [1.165, 1.54) is 49.1 Å². The van der Waals surface area contributed by atoms with Crippen LogP contribution in [0.15, 0.2) is 225 Å². The maximum Gasteiger partial charge on any atom is 0.160 e. The van der Waals surface area contributed by atoms with Gasteiger partial charge in [0, 0.05) is 67.0 Å². The third-order valence-electron chi connectivity index (χ3n) is 12.9. The average molecular weight is 793 g/mol. The minimum absolute atomic E-state index is 0.0165. The number of hydrogen-bond donors (Lipinski definition) is 0. The van der Waals surface area contributed by atoms with Crippen LogP contribution in [0.5, 0.6) is 0 Å². The van der Waals surface area contributed by atoms with E-state index in [-0.39, 0.29) is 11.8 Å². The molecule has 0 N–H and O–H groups in total. The number of fused-ring (bicyclic) bond motifs is 10. The summed E-state index contributed by atoms with van der Waals surface area (Å²) in [5.41, 5.74) is 16.5. The van der Waals surface area contributed by atoms with Gasteiger partial charge in [0.1, 0.15) is 0 Å². The van der Waals surface area contributed by atoms with Crippen LogP contribution in [0.4, 0.5) is 0 Å². The van der Waals surface area contributed by atoms with Crippen molar-refractivity contribution in [3.8, 4) is 45.3 Å². The molecule has 0 spiro atoms. The lowest BCUT2D eigenvalue weighted by Gasteiger charge is -2.38. The summed E-state index contributed by atoms with van der Waals surface area (Å²) in [4.78, 5) is 10.4. The molecule has 0 amide bonds. The standard InChI is InChI=1S/C58H40N4/c1-3-42-43(4-2)56-53(55-52(42)44-29-14-15-30-45(44)57-54(55)46-31-16-18-33-50(46)61(57)40-26-12-7-13-27-40)47-32-17-19-34-51(47)62(56)41-28-20-25-39(35-41)58-59-48(37-21-8-5-9-22-37)36-49(60-58)38-23-10-6-11-24-38/h3-36,44,52H,1-2H2. The predicted molar refractivity (Wildman–Crippen MR) is 256 cm³/mol. The molecule has 3 aliphatic rings. The second-order valence-corrected chi connectivity index (χ2v) is 16.1. The van der Waals surface area contributed by atoms with Gasteiger partial charge in [0.15, 0.2) is 5.82 Å². The van der Waals surface area contributed by atoms with Crippen molar-refractivity contribution in [1.82, 2.24) is 19.1 Å². The van der Waals surface area contributed by atoms with Crippen LogP contribution in [0, 0.1) is 11.8 Å². The first kappa shape index (κ1) is 35.8. The molecule has 0 radical (unpaired) electrons. The van der Waals surface area contributed by atoms with Gasteiger partial charge in [-0.3, -0.25) is 0 Å². The summed E-state index contributed by atoms with van der Waals surface area (Å²) in [6.45, 7) is 9.05. The second kappa shape index (κ2) is 14.3. The van der Waals surface area contributed by atoms with E-state index in [2.05, 4.69) is 216 Å². The Morgan fingerprint density at radius 2 is 1.13 bits per heavy atom. The van der Waals surface area contributed by atoms with Gasteiger partial charge >= 0.3 is 0 Å². The van der Waals surface area contributed by atoms with Crippen LogP contribution in [0.1, 0.15) is 11.3 Å². The fraction of sp³-hybridized carbons (Fsp3) is 0.0345. The van der Waals surface area contributed by atoms with Crippen LogP contribution >= 0.6 is 0 Å². The molecule has 9 aromatic rings. The lowest BCUT2D eigenvalue weighted by Crippen LogP contribution is -2.43. The van der Waals surface area contributed by atoms with Crippen molar-refractivity contribution in [3.05, 3.63) is 247 Å². The van der Waals surface area contributed by atoms with E-state index in [0.717, 1.165) is 56.2 Å². The summed E-state index contributed by atoms with van der Waals surface area (Å²) < 4.78 is 4.92. The van der Waals surface area contributed by atoms with Gasteiger partial charge < -0.3 is 9.13 Å². The van der Waals surface area contributed by atoms with E-state index in [9.17, 15) is 0 Å². The van der Waals surface area contributed by atoms with Gasteiger partial charge in [-0.05, 0) is 59.2 Å². The van der Waals surface area contributed by atoms with Crippen LogP contribution in [-0.4, -0.2) is 19.1 Å². The Hall–Kier alpha value is -8.08. The quantitative estimate of drug-likeness (QED) is 0.161. The van der Waals surface area contributed by atoms with Gasteiger partial charge in [-0.1, -0.05) is 177 Å². The molecule has 2 atom stereocenters. The number of allylic oxidation sites excluding steroid dienone is 8. The van der Waals surface area contributed by atoms with Crippen molar-refractivity contribution in [3.63, 3.8) is 0 Å². The first-order chi connectivity index (χ1) is 30.7. The minimum atomic E-state index is 0.0165. The Morgan fingerprint density at radius 1 is 0.532 bits per heavy atom. The highest BCUT2D eigenvalue weighted by atomic mass is 15.0. The zero-order chi connectivity index (χ0) is 41.3.